The van der Waals surface area contributed by atoms with Gasteiger partial charge in [-0.05, 0) is 30.9 Å². The largest absolute Gasteiger partial charge is 0.327 e. The van der Waals surface area contributed by atoms with E-state index in [1.165, 1.54) is 6.07 Å². The smallest absolute Gasteiger partial charge is 0.145 e. The predicted octanol–water partition coefficient (Wildman–Crippen LogP) is 3.71. The van der Waals surface area contributed by atoms with Gasteiger partial charge in [0.05, 0.1) is 5.02 Å². The molecule has 1 atom stereocenters. The van der Waals surface area contributed by atoms with E-state index in [0.717, 1.165) is 18.4 Å². The molecule has 0 bridgehead atoms. The van der Waals surface area contributed by atoms with Crippen molar-refractivity contribution in [2.45, 2.75) is 32.2 Å². The summed E-state index contributed by atoms with van der Waals surface area (Å²) in [4.78, 5) is 0. The first-order chi connectivity index (χ1) is 7.54. The lowest BCUT2D eigenvalue weighted by Gasteiger charge is -2.13. The zero-order chi connectivity index (χ0) is 12.1. The van der Waals surface area contributed by atoms with Crippen LogP contribution in [0.4, 0.5) is 4.39 Å². The number of hydrogen-bond acceptors (Lipinski definition) is 1. The van der Waals surface area contributed by atoms with Gasteiger partial charge in [-0.1, -0.05) is 42.8 Å². The average Bonchev–Trinajstić information content (AvgIpc) is 2.24. The van der Waals surface area contributed by atoms with Crippen molar-refractivity contribution in [2.24, 2.45) is 5.73 Å². The van der Waals surface area contributed by atoms with Crippen LogP contribution < -0.4 is 5.73 Å². The number of hydrogen-bond donors (Lipinski definition) is 1. The molecule has 0 aliphatic carbocycles. The van der Waals surface area contributed by atoms with Crippen molar-refractivity contribution in [1.82, 2.24) is 0 Å². The van der Waals surface area contributed by atoms with Crippen molar-refractivity contribution < 1.29 is 4.39 Å². The van der Waals surface area contributed by atoms with Gasteiger partial charge in [-0.2, -0.15) is 0 Å². The van der Waals surface area contributed by atoms with Crippen molar-refractivity contribution >= 4 is 11.6 Å². The molecule has 16 heavy (non-hydrogen) atoms. The molecule has 88 valence electrons. The SMILES string of the molecule is C=C(CC)CC(N)Cc1cccc(Cl)c1F. The zero-order valence-corrected chi connectivity index (χ0v) is 10.2. The lowest BCUT2D eigenvalue weighted by Crippen LogP contribution is -2.23. The van der Waals surface area contributed by atoms with Crippen LogP contribution in [0.1, 0.15) is 25.3 Å². The number of rotatable bonds is 5. The van der Waals surface area contributed by atoms with Crippen LogP contribution in [0.2, 0.25) is 5.02 Å². The molecule has 0 aliphatic heterocycles. The average molecular weight is 242 g/mol. The lowest BCUT2D eigenvalue weighted by molar-refractivity contribution is 0.581. The van der Waals surface area contributed by atoms with E-state index in [1.807, 2.05) is 6.92 Å². The van der Waals surface area contributed by atoms with Gasteiger partial charge in [-0.15, -0.1) is 0 Å². The summed E-state index contributed by atoms with van der Waals surface area (Å²) < 4.78 is 13.6. The molecular formula is C13H17ClFN. The molecule has 2 N–H and O–H groups in total. The van der Waals surface area contributed by atoms with Crippen molar-refractivity contribution in [1.29, 1.82) is 0 Å². The van der Waals surface area contributed by atoms with E-state index in [2.05, 4.69) is 6.58 Å². The Morgan fingerprint density at radius 1 is 1.56 bits per heavy atom. The van der Waals surface area contributed by atoms with E-state index in [0.29, 0.717) is 12.0 Å². The van der Waals surface area contributed by atoms with Crippen LogP contribution in [0.25, 0.3) is 0 Å². The molecule has 0 heterocycles. The van der Waals surface area contributed by atoms with E-state index in [1.54, 1.807) is 12.1 Å². The maximum atomic E-state index is 13.6. The quantitative estimate of drug-likeness (QED) is 0.782. The highest BCUT2D eigenvalue weighted by molar-refractivity contribution is 6.30. The third kappa shape index (κ3) is 3.62. The van der Waals surface area contributed by atoms with Crippen LogP contribution in [0.3, 0.4) is 0 Å². The minimum Gasteiger partial charge on any atom is -0.327 e. The zero-order valence-electron chi connectivity index (χ0n) is 9.47. The minimum atomic E-state index is -0.360. The van der Waals surface area contributed by atoms with Gasteiger partial charge in [-0.3, -0.25) is 0 Å². The number of benzene rings is 1. The number of nitrogens with two attached hydrogens (primary N) is 1. The Labute approximate surface area is 101 Å². The minimum absolute atomic E-state index is 0.0968. The Morgan fingerprint density at radius 2 is 2.25 bits per heavy atom. The van der Waals surface area contributed by atoms with E-state index in [4.69, 9.17) is 17.3 Å². The summed E-state index contributed by atoms with van der Waals surface area (Å²) in [6.45, 7) is 5.93. The summed E-state index contributed by atoms with van der Waals surface area (Å²) >= 11 is 5.70. The molecule has 1 rings (SSSR count). The van der Waals surface area contributed by atoms with Gasteiger partial charge in [0.2, 0.25) is 0 Å². The van der Waals surface area contributed by atoms with Crippen LogP contribution in [-0.2, 0) is 6.42 Å². The van der Waals surface area contributed by atoms with Gasteiger partial charge in [0.1, 0.15) is 5.82 Å². The van der Waals surface area contributed by atoms with Crippen LogP contribution in [0.15, 0.2) is 30.4 Å². The fraction of sp³-hybridized carbons (Fsp3) is 0.385. The Kier molecular flexibility index (Phi) is 4.97. The van der Waals surface area contributed by atoms with Gasteiger partial charge in [0.25, 0.3) is 0 Å². The van der Waals surface area contributed by atoms with Gasteiger partial charge < -0.3 is 5.73 Å². The summed E-state index contributed by atoms with van der Waals surface area (Å²) in [6, 6.07) is 4.90. The molecule has 0 aliphatic rings. The van der Waals surface area contributed by atoms with Gasteiger partial charge >= 0.3 is 0 Å². The fourth-order valence-electron chi connectivity index (χ4n) is 1.58. The van der Waals surface area contributed by atoms with Gasteiger partial charge in [0, 0.05) is 6.04 Å². The lowest BCUT2D eigenvalue weighted by atomic mass is 9.99. The van der Waals surface area contributed by atoms with Crippen molar-refractivity contribution in [3.8, 4) is 0 Å². The van der Waals surface area contributed by atoms with Crippen molar-refractivity contribution in [3.63, 3.8) is 0 Å². The molecular weight excluding hydrogens is 225 g/mol. The van der Waals surface area contributed by atoms with E-state index >= 15 is 0 Å². The van der Waals surface area contributed by atoms with Gasteiger partial charge in [-0.25, -0.2) is 4.39 Å². The van der Waals surface area contributed by atoms with Crippen LogP contribution in [-0.4, -0.2) is 6.04 Å². The van der Waals surface area contributed by atoms with Crippen LogP contribution >= 0.6 is 11.6 Å². The third-order valence-electron chi connectivity index (χ3n) is 2.56. The van der Waals surface area contributed by atoms with Crippen LogP contribution in [0, 0.1) is 5.82 Å². The molecule has 0 fully saturated rings. The fourth-order valence-corrected chi connectivity index (χ4v) is 1.77. The van der Waals surface area contributed by atoms with Crippen LogP contribution in [0.5, 0.6) is 0 Å². The molecule has 0 saturated carbocycles. The Hall–Kier alpha value is -0.860. The van der Waals surface area contributed by atoms with E-state index in [9.17, 15) is 4.39 Å². The highest BCUT2D eigenvalue weighted by atomic mass is 35.5. The third-order valence-corrected chi connectivity index (χ3v) is 2.86. The normalized spacial score (nSPS) is 12.5. The molecule has 0 aromatic heterocycles. The van der Waals surface area contributed by atoms with Crippen molar-refractivity contribution in [3.05, 3.63) is 46.8 Å². The molecule has 0 saturated heterocycles. The van der Waals surface area contributed by atoms with Crippen molar-refractivity contribution in [2.75, 3.05) is 0 Å². The maximum absolute atomic E-state index is 13.6. The summed E-state index contributed by atoms with van der Waals surface area (Å²) in [5.41, 5.74) is 7.60. The summed E-state index contributed by atoms with van der Waals surface area (Å²) in [5.74, 6) is -0.360. The first kappa shape index (κ1) is 13.2. The second-order valence-electron chi connectivity index (χ2n) is 3.98. The molecule has 1 nitrogen and oxygen atoms in total. The molecule has 0 radical (unpaired) electrons. The van der Waals surface area contributed by atoms with Gasteiger partial charge in [0.15, 0.2) is 0 Å². The highest BCUT2D eigenvalue weighted by Gasteiger charge is 2.11. The summed E-state index contributed by atoms with van der Waals surface area (Å²) in [7, 11) is 0. The Balaban J connectivity index is 2.66. The second kappa shape index (κ2) is 6.02. The monoisotopic (exact) mass is 241 g/mol. The predicted molar refractivity (Wildman–Crippen MR) is 67.1 cm³/mol. The van der Waals surface area contributed by atoms with E-state index < -0.39 is 0 Å². The molecule has 1 unspecified atom stereocenters. The molecule has 1 aromatic rings. The second-order valence-corrected chi connectivity index (χ2v) is 4.39. The maximum Gasteiger partial charge on any atom is 0.145 e. The topological polar surface area (TPSA) is 26.0 Å². The summed E-state index contributed by atoms with van der Waals surface area (Å²) in [6.07, 6.45) is 2.12. The Morgan fingerprint density at radius 3 is 2.88 bits per heavy atom. The molecule has 1 aromatic carbocycles. The number of halogens is 2. The molecule has 0 spiro atoms. The highest BCUT2D eigenvalue weighted by Crippen LogP contribution is 2.20. The first-order valence-electron chi connectivity index (χ1n) is 5.39. The molecule has 0 amide bonds. The first-order valence-corrected chi connectivity index (χ1v) is 5.77. The standard InChI is InChI=1S/C13H17ClFN/c1-3-9(2)7-11(16)8-10-5-4-6-12(14)13(10)15/h4-6,11H,2-3,7-8,16H2,1H3. The Bertz CT molecular complexity index is 376. The summed E-state index contributed by atoms with van der Waals surface area (Å²) in [5, 5.41) is 0.152. The van der Waals surface area contributed by atoms with E-state index in [-0.39, 0.29) is 16.9 Å². The molecule has 3 heteroatoms.